The van der Waals surface area contributed by atoms with Gasteiger partial charge in [0.15, 0.2) is 6.10 Å². The van der Waals surface area contributed by atoms with E-state index in [0.717, 1.165) is 167 Å². The molecule has 0 aromatic heterocycles. The lowest BCUT2D eigenvalue weighted by Crippen LogP contribution is -2.30. The highest BCUT2D eigenvalue weighted by Gasteiger charge is 2.21. The fourth-order valence-electron chi connectivity index (χ4n) is 9.09. The van der Waals surface area contributed by atoms with Gasteiger partial charge in [0.25, 0.3) is 0 Å². The van der Waals surface area contributed by atoms with Crippen molar-refractivity contribution >= 4 is 59.7 Å². The van der Waals surface area contributed by atoms with Crippen LogP contribution in [-0.2, 0) is 95.3 Å². The highest BCUT2D eigenvalue weighted by molar-refractivity contribution is 5.73. The fraction of sp³-hybridized carbons (Fsp3) is 0.855. The third-order valence-corrected chi connectivity index (χ3v) is 14.7. The average molecular weight is 1270 g/mol. The molecule has 0 aromatic carbocycles. The van der Waals surface area contributed by atoms with Crippen molar-refractivity contribution in [2.24, 2.45) is 0 Å². The molecule has 0 amide bonds. The minimum absolute atomic E-state index is 0.0235. The van der Waals surface area contributed by atoms with Gasteiger partial charge in [-0.3, -0.25) is 47.9 Å². The van der Waals surface area contributed by atoms with Gasteiger partial charge in [0, 0.05) is 77.0 Å². The first-order valence-electron chi connectivity index (χ1n) is 34.9. The predicted octanol–water partition coefficient (Wildman–Crippen LogP) is 14.8. The first kappa shape index (κ1) is 83.7. The standard InChI is InChI=1S/C69H120O20/c1-5-9-50-80-60(70)38-28-18-13-20-32-42-64(74)84-54-48-58(88-68(78)46-36-26-16-22-30-40-62(72)82-52-11-7-3)49-55-85-65(75)43-33-21-15-25-35-45-67(77)87-57-59(89-69(79)47-37-27-17-23-31-41-63(73)83-53-12-8-4)56-86-66(76)44-34-24-14-19-29-39-61(71)81-51-10-6-2/h58-59H,5-57H2,1-4H3. The molecule has 0 radical (unpaired) electrons. The number of rotatable bonds is 64. The quantitative estimate of drug-likeness (QED) is 0.0311. The van der Waals surface area contributed by atoms with Crippen LogP contribution >= 0.6 is 0 Å². The second-order valence-corrected chi connectivity index (χ2v) is 23.2. The molecule has 0 spiro atoms. The maximum absolute atomic E-state index is 12.9. The molecule has 0 aromatic rings. The van der Waals surface area contributed by atoms with E-state index in [1.54, 1.807) is 0 Å². The molecule has 516 valence electrons. The molecular weight excluding hydrogens is 1150 g/mol. The summed E-state index contributed by atoms with van der Waals surface area (Å²) in [5.41, 5.74) is 0. The molecular formula is C69H120O20. The summed E-state index contributed by atoms with van der Waals surface area (Å²) in [6, 6.07) is 0. The van der Waals surface area contributed by atoms with Gasteiger partial charge >= 0.3 is 59.7 Å². The molecule has 0 saturated carbocycles. The minimum atomic E-state index is -0.974. The number of hydrogen-bond acceptors (Lipinski definition) is 20. The SMILES string of the molecule is CCCCOC(=O)CCCCCCCC(=O)OCCC(CCOC(=O)CCCCCCCC(=O)OCC(COC(=O)CCCCCCCC(=O)OCCCC)OC(=O)CCCCCCCC(=O)OCCCC)OC(=O)CCCCCCCC(=O)OCCCC. The normalized spacial score (nSPS) is 11.6. The van der Waals surface area contributed by atoms with Crippen LogP contribution < -0.4 is 0 Å². The van der Waals surface area contributed by atoms with E-state index in [2.05, 4.69) is 0 Å². The molecule has 0 heterocycles. The largest absolute Gasteiger partial charge is 0.466 e. The smallest absolute Gasteiger partial charge is 0.306 e. The van der Waals surface area contributed by atoms with E-state index >= 15 is 0 Å². The molecule has 0 aliphatic rings. The van der Waals surface area contributed by atoms with Crippen molar-refractivity contribution in [3.63, 3.8) is 0 Å². The number of ether oxygens (including phenoxy) is 10. The Labute approximate surface area is 534 Å². The van der Waals surface area contributed by atoms with Crippen LogP contribution in [0, 0.1) is 0 Å². The van der Waals surface area contributed by atoms with E-state index in [1.165, 1.54) is 0 Å². The summed E-state index contributed by atoms with van der Waals surface area (Å²) in [4.78, 5) is 124. The van der Waals surface area contributed by atoms with Crippen molar-refractivity contribution in [2.75, 3.05) is 52.9 Å². The van der Waals surface area contributed by atoms with E-state index < -0.39 is 30.1 Å². The van der Waals surface area contributed by atoms with E-state index in [4.69, 9.17) is 47.4 Å². The molecule has 2 atom stereocenters. The highest BCUT2D eigenvalue weighted by atomic mass is 16.6. The summed E-state index contributed by atoms with van der Waals surface area (Å²) >= 11 is 0. The zero-order chi connectivity index (χ0) is 65.5. The number of carbonyl (C=O) groups excluding carboxylic acids is 10. The molecule has 89 heavy (non-hydrogen) atoms. The zero-order valence-corrected chi connectivity index (χ0v) is 55.8. The van der Waals surface area contributed by atoms with Crippen molar-refractivity contribution in [2.45, 2.75) is 329 Å². The highest BCUT2D eigenvalue weighted by Crippen LogP contribution is 2.17. The van der Waals surface area contributed by atoms with Gasteiger partial charge in [-0.15, -0.1) is 0 Å². The second-order valence-electron chi connectivity index (χ2n) is 23.2. The Balaban J connectivity index is 4.91. The van der Waals surface area contributed by atoms with Gasteiger partial charge in [-0.05, 0) is 89.9 Å². The van der Waals surface area contributed by atoms with Crippen molar-refractivity contribution in [3.8, 4) is 0 Å². The van der Waals surface area contributed by atoms with Crippen LogP contribution in [-0.4, -0.2) is 125 Å². The van der Waals surface area contributed by atoms with Gasteiger partial charge in [0.2, 0.25) is 0 Å². The summed E-state index contributed by atoms with van der Waals surface area (Å²) in [7, 11) is 0. The molecule has 0 bridgehead atoms. The van der Waals surface area contributed by atoms with E-state index in [9.17, 15) is 47.9 Å². The summed E-state index contributed by atoms with van der Waals surface area (Å²) in [5, 5.41) is 0. The van der Waals surface area contributed by atoms with Crippen LogP contribution in [0.2, 0.25) is 0 Å². The number of esters is 10. The van der Waals surface area contributed by atoms with Crippen molar-refractivity contribution in [1.29, 1.82) is 0 Å². The molecule has 20 heteroatoms. The minimum Gasteiger partial charge on any atom is -0.466 e. The van der Waals surface area contributed by atoms with Gasteiger partial charge in [0.1, 0.15) is 19.3 Å². The molecule has 0 rings (SSSR count). The molecule has 2 unspecified atom stereocenters. The van der Waals surface area contributed by atoms with Gasteiger partial charge in [-0.1, -0.05) is 150 Å². The lowest BCUT2D eigenvalue weighted by Gasteiger charge is -2.18. The molecule has 0 saturated heterocycles. The number of unbranched alkanes of at least 4 members (excludes halogenated alkanes) is 24. The van der Waals surface area contributed by atoms with Crippen molar-refractivity contribution in [1.82, 2.24) is 0 Å². The van der Waals surface area contributed by atoms with E-state index in [-0.39, 0.29) is 120 Å². The molecule has 0 N–H and O–H groups in total. The number of hydrogen-bond donors (Lipinski definition) is 0. The topological polar surface area (TPSA) is 263 Å². The fourth-order valence-corrected chi connectivity index (χ4v) is 9.09. The Bertz CT molecular complexity index is 1840. The van der Waals surface area contributed by atoms with Crippen LogP contribution in [0.4, 0.5) is 0 Å². The van der Waals surface area contributed by atoms with E-state index in [0.29, 0.717) is 97.1 Å². The van der Waals surface area contributed by atoms with Crippen LogP contribution in [0.25, 0.3) is 0 Å². The lowest BCUT2D eigenvalue weighted by molar-refractivity contribution is -0.167. The maximum Gasteiger partial charge on any atom is 0.306 e. The van der Waals surface area contributed by atoms with Crippen molar-refractivity contribution < 1.29 is 95.3 Å². The van der Waals surface area contributed by atoms with Crippen LogP contribution in [0.15, 0.2) is 0 Å². The third kappa shape index (κ3) is 60.1. The second kappa shape index (κ2) is 62.9. The maximum atomic E-state index is 12.9. The first-order chi connectivity index (χ1) is 43.2. The van der Waals surface area contributed by atoms with Crippen LogP contribution in [0.1, 0.15) is 317 Å². The Morgan fingerprint density at radius 1 is 0.202 bits per heavy atom. The summed E-state index contributed by atoms with van der Waals surface area (Å²) in [5.74, 6) is -3.24. The summed E-state index contributed by atoms with van der Waals surface area (Å²) < 4.78 is 54.2. The molecule has 0 fully saturated rings. The molecule has 0 aliphatic carbocycles. The summed E-state index contributed by atoms with van der Waals surface area (Å²) in [6.07, 6.45) is 27.6. The Kier molecular flexibility index (Phi) is 59.1. The predicted molar refractivity (Wildman–Crippen MR) is 338 cm³/mol. The summed E-state index contributed by atoms with van der Waals surface area (Å²) in [6.45, 7) is 9.52. The van der Waals surface area contributed by atoms with Gasteiger partial charge in [-0.2, -0.15) is 0 Å². The van der Waals surface area contributed by atoms with Gasteiger partial charge in [0.05, 0.1) is 39.6 Å². The lowest BCUT2D eigenvalue weighted by atomic mass is 10.1. The number of carbonyl (C=O) groups is 10. The van der Waals surface area contributed by atoms with Gasteiger partial charge in [-0.25, -0.2) is 0 Å². The van der Waals surface area contributed by atoms with Crippen LogP contribution in [0.5, 0.6) is 0 Å². The molecule has 20 nitrogen and oxygen atoms in total. The Morgan fingerprint density at radius 3 is 0.607 bits per heavy atom. The molecule has 0 aliphatic heterocycles. The van der Waals surface area contributed by atoms with Gasteiger partial charge < -0.3 is 47.4 Å². The zero-order valence-electron chi connectivity index (χ0n) is 55.8. The monoisotopic (exact) mass is 1270 g/mol. The third-order valence-electron chi connectivity index (χ3n) is 14.7. The van der Waals surface area contributed by atoms with E-state index in [1.807, 2.05) is 27.7 Å². The Hall–Kier alpha value is -5.30. The van der Waals surface area contributed by atoms with Crippen molar-refractivity contribution in [3.05, 3.63) is 0 Å². The Morgan fingerprint density at radius 2 is 0.382 bits per heavy atom. The average Bonchev–Trinajstić information content (AvgIpc) is 3.50. The first-order valence-corrected chi connectivity index (χ1v) is 34.9. The van der Waals surface area contributed by atoms with Crippen LogP contribution in [0.3, 0.4) is 0 Å².